The summed E-state index contributed by atoms with van der Waals surface area (Å²) in [6.07, 6.45) is 1.78. The van der Waals surface area contributed by atoms with Crippen LogP contribution in [0.2, 0.25) is 0 Å². The van der Waals surface area contributed by atoms with Gasteiger partial charge in [-0.25, -0.2) is 0 Å². The average Bonchev–Trinajstić information content (AvgIpc) is 3.53. The molecular weight excluding hydrogens is 394 g/mol. The van der Waals surface area contributed by atoms with Crippen molar-refractivity contribution < 1.29 is 19.2 Å². The van der Waals surface area contributed by atoms with Gasteiger partial charge in [-0.15, -0.1) is 0 Å². The lowest BCUT2D eigenvalue weighted by Crippen LogP contribution is -2.40. The van der Waals surface area contributed by atoms with Crippen molar-refractivity contribution >= 4 is 34.9 Å². The van der Waals surface area contributed by atoms with Crippen molar-refractivity contribution in [3.63, 3.8) is 0 Å². The van der Waals surface area contributed by atoms with E-state index in [4.69, 9.17) is 0 Å². The van der Waals surface area contributed by atoms with Crippen LogP contribution in [-0.2, 0) is 16.1 Å². The van der Waals surface area contributed by atoms with Gasteiger partial charge in [0.25, 0.3) is 17.6 Å². The molecule has 2 aromatic rings. The summed E-state index contributed by atoms with van der Waals surface area (Å²) in [4.78, 5) is 50.8. The van der Waals surface area contributed by atoms with Crippen LogP contribution in [0.3, 0.4) is 0 Å². The molecule has 160 valence electrons. The Bertz CT molecular complexity index is 1080. The molecule has 2 aromatic carbocycles. The predicted molar refractivity (Wildman–Crippen MR) is 117 cm³/mol. The molecule has 0 spiro atoms. The second-order valence-electron chi connectivity index (χ2n) is 9.12. The maximum Gasteiger partial charge on any atom is 0.299 e. The summed E-state index contributed by atoms with van der Waals surface area (Å²) in [7, 11) is 0. The van der Waals surface area contributed by atoms with E-state index in [1.807, 2.05) is 20.8 Å². The fraction of sp³-hybridized carbons (Fsp3) is 0.333. The van der Waals surface area contributed by atoms with Crippen LogP contribution in [-0.4, -0.2) is 29.0 Å². The number of carbonyl (C=O) groups is 4. The number of Topliss-reactive ketones (excluding diaryl/α,β-unsaturated/α-hetero) is 1. The topological polar surface area (TPSA) is 95.6 Å². The normalized spacial score (nSPS) is 15.6. The molecule has 0 atom stereocenters. The first-order valence-electron chi connectivity index (χ1n) is 10.3. The molecule has 1 aliphatic carbocycles. The predicted octanol–water partition coefficient (Wildman–Crippen LogP) is 3.29. The Balaban J connectivity index is 1.49. The van der Waals surface area contributed by atoms with E-state index in [1.54, 1.807) is 42.5 Å². The maximum absolute atomic E-state index is 12.6. The molecule has 4 rings (SSSR count). The Kier molecular flexibility index (Phi) is 5.13. The molecule has 0 aromatic heterocycles. The molecule has 2 N–H and O–H groups in total. The van der Waals surface area contributed by atoms with E-state index in [-0.39, 0.29) is 29.8 Å². The minimum atomic E-state index is -0.602. The maximum atomic E-state index is 12.6. The summed E-state index contributed by atoms with van der Waals surface area (Å²) in [5.41, 5.74) is 2.33. The first kappa shape index (κ1) is 20.8. The van der Waals surface area contributed by atoms with Crippen molar-refractivity contribution in [2.75, 3.05) is 10.2 Å². The van der Waals surface area contributed by atoms with E-state index in [0.717, 1.165) is 18.4 Å². The van der Waals surface area contributed by atoms with E-state index >= 15 is 0 Å². The number of hydrogen-bond acceptors (Lipinski definition) is 4. The van der Waals surface area contributed by atoms with Gasteiger partial charge in [-0.1, -0.05) is 12.1 Å². The lowest BCUT2D eigenvalue weighted by Gasteiger charge is -2.21. The lowest BCUT2D eigenvalue weighted by atomic mass is 10.1. The molecule has 2 aliphatic rings. The van der Waals surface area contributed by atoms with Crippen LogP contribution in [0, 0.1) is 5.92 Å². The molecule has 0 unspecified atom stereocenters. The number of nitrogens with zero attached hydrogens (tertiary/aromatic N) is 1. The van der Waals surface area contributed by atoms with Crippen LogP contribution in [0.25, 0.3) is 0 Å². The summed E-state index contributed by atoms with van der Waals surface area (Å²) in [6.45, 7) is 5.95. The van der Waals surface area contributed by atoms with Gasteiger partial charge in [0.15, 0.2) is 0 Å². The van der Waals surface area contributed by atoms with Gasteiger partial charge in [-0.05, 0) is 69.5 Å². The van der Waals surface area contributed by atoms with E-state index in [2.05, 4.69) is 10.6 Å². The summed E-state index contributed by atoms with van der Waals surface area (Å²) in [5, 5.41) is 5.71. The molecule has 3 amide bonds. The minimum absolute atomic E-state index is 0.0514. The van der Waals surface area contributed by atoms with Gasteiger partial charge in [0.2, 0.25) is 5.91 Å². The van der Waals surface area contributed by atoms with Crippen LogP contribution >= 0.6 is 0 Å². The summed E-state index contributed by atoms with van der Waals surface area (Å²) in [6, 6.07) is 11.9. The van der Waals surface area contributed by atoms with E-state index in [0.29, 0.717) is 22.5 Å². The molecule has 1 aliphatic heterocycles. The van der Waals surface area contributed by atoms with Gasteiger partial charge < -0.3 is 15.5 Å². The first-order chi connectivity index (χ1) is 14.6. The summed E-state index contributed by atoms with van der Waals surface area (Å²) >= 11 is 0. The highest BCUT2D eigenvalue weighted by Crippen LogP contribution is 2.34. The molecule has 1 heterocycles. The van der Waals surface area contributed by atoms with E-state index in [1.165, 1.54) is 4.90 Å². The van der Waals surface area contributed by atoms with Crippen molar-refractivity contribution in [1.29, 1.82) is 0 Å². The molecule has 7 heteroatoms. The number of amides is 3. The van der Waals surface area contributed by atoms with Gasteiger partial charge in [-0.3, -0.25) is 19.2 Å². The van der Waals surface area contributed by atoms with Gasteiger partial charge in [0, 0.05) is 22.7 Å². The Morgan fingerprint density at radius 3 is 2.32 bits per heavy atom. The summed E-state index contributed by atoms with van der Waals surface area (Å²) < 4.78 is 0. The molecular formula is C24H25N3O4. The molecule has 7 nitrogen and oxygen atoms in total. The van der Waals surface area contributed by atoms with Crippen molar-refractivity contribution in [1.82, 2.24) is 5.32 Å². The second-order valence-corrected chi connectivity index (χ2v) is 9.12. The molecule has 31 heavy (non-hydrogen) atoms. The van der Waals surface area contributed by atoms with Crippen LogP contribution in [0.5, 0.6) is 0 Å². The number of rotatable bonds is 5. The van der Waals surface area contributed by atoms with Gasteiger partial charge >= 0.3 is 0 Å². The average molecular weight is 419 g/mol. The Hall–Kier alpha value is -3.48. The fourth-order valence-corrected chi connectivity index (χ4v) is 3.48. The van der Waals surface area contributed by atoms with Gasteiger partial charge in [0.1, 0.15) is 0 Å². The van der Waals surface area contributed by atoms with Crippen molar-refractivity contribution in [2.24, 2.45) is 5.92 Å². The van der Waals surface area contributed by atoms with E-state index in [9.17, 15) is 19.2 Å². The number of hydrogen-bond donors (Lipinski definition) is 2. The molecule has 0 saturated heterocycles. The zero-order valence-corrected chi connectivity index (χ0v) is 17.8. The minimum Gasteiger partial charge on any atom is -0.347 e. The number of benzene rings is 2. The third kappa shape index (κ3) is 4.50. The molecule has 0 bridgehead atoms. The quantitative estimate of drug-likeness (QED) is 0.727. The summed E-state index contributed by atoms with van der Waals surface area (Å²) in [5.74, 6) is -1.36. The van der Waals surface area contributed by atoms with Crippen LogP contribution in [0.4, 0.5) is 11.4 Å². The smallest absolute Gasteiger partial charge is 0.299 e. The largest absolute Gasteiger partial charge is 0.347 e. The second kappa shape index (κ2) is 7.65. The third-order valence-electron chi connectivity index (χ3n) is 5.23. The number of nitrogens with one attached hydrogen (secondary N) is 2. The highest BCUT2D eigenvalue weighted by molar-refractivity contribution is 6.52. The third-order valence-corrected chi connectivity index (χ3v) is 5.23. The first-order valence-corrected chi connectivity index (χ1v) is 10.3. The highest BCUT2D eigenvalue weighted by Gasteiger charge is 2.36. The lowest BCUT2D eigenvalue weighted by molar-refractivity contribution is -0.117. The van der Waals surface area contributed by atoms with E-state index < -0.39 is 11.7 Å². The fourth-order valence-electron chi connectivity index (χ4n) is 3.48. The van der Waals surface area contributed by atoms with Gasteiger partial charge in [-0.2, -0.15) is 0 Å². The number of anilines is 2. The Morgan fingerprint density at radius 2 is 1.71 bits per heavy atom. The zero-order valence-electron chi connectivity index (χ0n) is 17.8. The van der Waals surface area contributed by atoms with Crippen molar-refractivity contribution in [3.05, 3.63) is 59.2 Å². The van der Waals surface area contributed by atoms with Gasteiger partial charge in [0.05, 0.1) is 17.8 Å². The van der Waals surface area contributed by atoms with Crippen LogP contribution < -0.4 is 15.5 Å². The monoisotopic (exact) mass is 419 g/mol. The Morgan fingerprint density at radius 1 is 1.03 bits per heavy atom. The molecule has 0 radical (unpaired) electrons. The zero-order chi connectivity index (χ0) is 22.3. The van der Waals surface area contributed by atoms with Crippen molar-refractivity contribution in [3.8, 4) is 0 Å². The van der Waals surface area contributed by atoms with Crippen LogP contribution in [0.15, 0.2) is 42.5 Å². The molecule has 1 fully saturated rings. The number of carbonyl (C=O) groups excluding carboxylic acids is 4. The molecule has 1 saturated carbocycles. The van der Waals surface area contributed by atoms with Crippen molar-refractivity contribution in [2.45, 2.75) is 45.7 Å². The SMILES string of the molecule is CC(C)(C)NC(=O)c1ccc(CN2C(=O)C(=O)c3cc(NC(=O)C4CC4)ccc32)cc1. The number of fused-ring (bicyclic) bond motifs is 1. The number of ketones is 1. The highest BCUT2D eigenvalue weighted by atomic mass is 16.2. The van der Waals surface area contributed by atoms with Crippen LogP contribution in [0.1, 0.15) is 59.9 Å². The Labute approximate surface area is 180 Å². The standard InChI is InChI=1S/C24H25N3O4/c1-24(2,3)26-22(30)16-6-4-14(5-7-16)13-27-19-11-10-17(25-21(29)15-8-9-15)12-18(19)20(28)23(27)31/h4-7,10-12,15H,8-9,13H2,1-3H3,(H,25,29)(H,26,30).